The SMILES string of the molecule is O=C(Nc1ccc(-n2cncn2)c(Cl)c1)NC1(CO)CCCC1. The van der Waals surface area contributed by atoms with Crippen molar-refractivity contribution in [1.29, 1.82) is 0 Å². The average Bonchev–Trinajstić information content (AvgIpc) is 3.19. The zero-order chi connectivity index (χ0) is 16.3. The maximum Gasteiger partial charge on any atom is 0.319 e. The second-order valence-corrected chi connectivity index (χ2v) is 6.14. The lowest BCUT2D eigenvalue weighted by molar-refractivity contribution is 0.167. The number of aromatic nitrogens is 3. The number of halogens is 1. The number of carbonyl (C=O) groups is 1. The van der Waals surface area contributed by atoms with Crippen molar-refractivity contribution in [3.05, 3.63) is 35.9 Å². The number of aliphatic hydroxyl groups is 1. The third-order valence-corrected chi connectivity index (χ3v) is 4.42. The molecule has 3 N–H and O–H groups in total. The van der Waals surface area contributed by atoms with E-state index in [4.69, 9.17) is 11.6 Å². The van der Waals surface area contributed by atoms with Gasteiger partial charge in [0.05, 0.1) is 22.9 Å². The molecule has 0 aliphatic heterocycles. The van der Waals surface area contributed by atoms with Gasteiger partial charge >= 0.3 is 6.03 Å². The van der Waals surface area contributed by atoms with Gasteiger partial charge in [0.1, 0.15) is 12.7 Å². The predicted molar refractivity (Wildman–Crippen MR) is 86.8 cm³/mol. The second-order valence-electron chi connectivity index (χ2n) is 5.73. The number of benzene rings is 1. The summed E-state index contributed by atoms with van der Waals surface area (Å²) in [4.78, 5) is 16.0. The highest BCUT2D eigenvalue weighted by atomic mass is 35.5. The topological polar surface area (TPSA) is 92.1 Å². The van der Waals surface area contributed by atoms with Crippen molar-refractivity contribution in [3.63, 3.8) is 0 Å². The Labute approximate surface area is 138 Å². The van der Waals surface area contributed by atoms with Gasteiger partial charge < -0.3 is 15.7 Å². The number of aliphatic hydroxyl groups excluding tert-OH is 1. The molecule has 0 bridgehead atoms. The van der Waals surface area contributed by atoms with Crippen LogP contribution in [0.2, 0.25) is 5.02 Å². The van der Waals surface area contributed by atoms with Crippen LogP contribution in [0.3, 0.4) is 0 Å². The standard InChI is InChI=1S/C15H18ClN5O2/c16-12-7-11(3-4-13(12)21-10-17-9-18-21)19-14(23)20-15(8-22)5-1-2-6-15/h3-4,7,9-10,22H,1-2,5-6,8H2,(H2,19,20,23). The fraction of sp³-hybridized carbons (Fsp3) is 0.400. The highest BCUT2D eigenvalue weighted by Crippen LogP contribution is 2.29. The fourth-order valence-corrected chi connectivity index (χ4v) is 3.15. The Morgan fingerprint density at radius 1 is 1.39 bits per heavy atom. The van der Waals surface area contributed by atoms with E-state index in [-0.39, 0.29) is 12.6 Å². The monoisotopic (exact) mass is 335 g/mol. The van der Waals surface area contributed by atoms with Gasteiger partial charge in [-0.1, -0.05) is 24.4 Å². The van der Waals surface area contributed by atoms with Gasteiger partial charge in [0, 0.05) is 5.69 Å². The number of carbonyl (C=O) groups excluding carboxylic acids is 1. The van der Waals surface area contributed by atoms with Crippen molar-refractivity contribution >= 4 is 23.3 Å². The van der Waals surface area contributed by atoms with Gasteiger partial charge in [-0.05, 0) is 31.0 Å². The van der Waals surface area contributed by atoms with Crippen LogP contribution in [-0.2, 0) is 0 Å². The summed E-state index contributed by atoms with van der Waals surface area (Å²) in [5, 5.41) is 19.6. The molecular weight excluding hydrogens is 318 g/mol. The minimum absolute atomic E-state index is 0.0492. The molecule has 8 heteroatoms. The fourth-order valence-electron chi connectivity index (χ4n) is 2.88. The highest BCUT2D eigenvalue weighted by molar-refractivity contribution is 6.32. The van der Waals surface area contributed by atoms with Crippen LogP contribution < -0.4 is 10.6 Å². The number of nitrogens with one attached hydrogen (secondary N) is 2. The minimum Gasteiger partial charge on any atom is -0.394 e. The smallest absolute Gasteiger partial charge is 0.319 e. The van der Waals surface area contributed by atoms with E-state index in [1.807, 2.05) is 0 Å². The number of urea groups is 1. The Morgan fingerprint density at radius 2 is 2.17 bits per heavy atom. The molecule has 0 saturated heterocycles. The highest BCUT2D eigenvalue weighted by Gasteiger charge is 2.34. The third kappa shape index (κ3) is 3.46. The molecule has 0 unspecified atom stereocenters. The van der Waals surface area contributed by atoms with Crippen molar-refractivity contribution in [3.8, 4) is 5.69 Å². The summed E-state index contributed by atoms with van der Waals surface area (Å²) in [7, 11) is 0. The van der Waals surface area contributed by atoms with Crippen LogP contribution >= 0.6 is 11.6 Å². The number of hydrogen-bond acceptors (Lipinski definition) is 4. The second kappa shape index (κ2) is 6.55. The van der Waals surface area contributed by atoms with E-state index in [0.29, 0.717) is 16.4 Å². The molecule has 1 aromatic carbocycles. The van der Waals surface area contributed by atoms with E-state index in [2.05, 4.69) is 20.7 Å². The molecule has 0 radical (unpaired) electrons. The summed E-state index contributed by atoms with van der Waals surface area (Å²) in [5.74, 6) is 0. The molecule has 1 aliphatic rings. The van der Waals surface area contributed by atoms with Crippen LogP contribution in [0, 0.1) is 0 Å². The van der Waals surface area contributed by atoms with E-state index in [1.165, 1.54) is 6.33 Å². The predicted octanol–water partition coefficient (Wildman–Crippen LogP) is 2.35. The van der Waals surface area contributed by atoms with Crippen LogP contribution in [0.25, 0.3) is 5.69 Å². The van der Waals surface area contributed by atoms with Crippen LogP contribution in [0.1, 0.15) is 25.7 Å². The van der Waals surface area contributed by atoms with Crippen molar-refractivity contribution in [2.24, 2.45) is 0 Å². The first-order valence-electron chi connectivity index (χ1n) is 7.46. The molecule has 1 aliphatic carbocycles. The molecule has 0 atom stereocenters. The lowest BCUT2D eigenvalue weighted by Crippen LogP contribution is -2.50. The van der Waals surface area contributed by atoms with E-state index < -0.39 is 5.54 Å². The Bertz CT molecular complexity index is 683. The van der Waals surface area contributed by atoms with Crippen molar-refractivity contribution in [2.45, 2.75) is 31.2 Å². The number of amides is 2. The van der Waals surface area contributed by atoms with Crippen LogP contribution in [0.5, 0.6) is 0 Å². The van der Waals surface area contributed by atoms with Gasteiger partial charge in [-0.25, -0.2) is 14.5 Å². The lowest BCUT2D eigenvalue weighted by Gasteiger charge is -2.28. The molecule has 1 aromatic heterocycles. The van der Waals surface area contributed by atoms with Gasteiger partial charge in [0.25, 0.3) is 0 Å². The molecule has 2 amide bonds. The lowest BCUT2D eigenvalue weighted by atomic mass is 9.99. The number of rotatable bonds is 4. The van der Waals surface area contributed by atoms with Gasteiger partial charge in [0.2, 0.25) is 0 Å². The van der Waals surface area contributed by atoms with Crippen LogP contribution in [0.15, 0.2) is 30.9 Å². The first-order valence-corrected chi connectivity index (χ1v) is 7.84. The van der Waals surface area contributed by atoms with Crippen molar-refractivity contribution < 1.29 is 9.90 Å². The maximum atomic E-state index is 12.2. The molecule has 1 saturated carbocycles. The first kappa shape index (κ1) is 15.8. The number of nitrogens with zero attached hydrogens (tertiary/aromatic N) is 3. The first-order chi connectivity index (χ1) is 11.1. The summed E-state index contributed by atoms with van der Waals surface area (Å²) in [6.45, 7) is -0.0492. The largest absolute Gasteiger partial charge is 0.394 e. The zero-order valence-electron chi connectivity index (χ0n) is 12.5. The van der Waals surface area contributed by atoms with Crippen LogP contribution in [-0.4, -0.2) is 38.0 Å². The summed E-state index contributed by atoms with van der Waals surface area (Å²) in [6.07, 6.45) is 6.59. The number of hydrogen-bond donors (Lipinski definition) is 3. The Kier molecular flexibility index (Phi) is 4.49. The van der Waals surface area contributed by atoms with Gasteiger partial charge in [-0.3, -0.25) is 0 Å². The van der Waals surface area contributed by atoms with E-state index in [9.17, 15) is 9.90 Å². The van der Waals surface area contributed by atoms with Gasteiger partial charge in [0.15, 0.2) is 0 Å². The Balaban J connectivity index is 1.68. The molecule has 122 valence electrons. The van der Waals surface area contributed by atoms with E-state index in [0.717, 1.165) is 25.7 Å². The molecule has 3 rings (SSSR count). The molecule has 2 aromatic rings. The summed E-state index contributed by atoms with van der Waals surface area (Å²) in [5.41, 5.74) is 0.745. The minimum atomic E-state index is -0.505. The molecule has 1 fully saturated rings. The van der Waals surface area contributed by atoms with Crippen molar-refractivity contribution in [1.82, 2.24) is 20.1 Å². The summed E-state index contributed by atoms with van der Waals surface area (Å²) >= 11 is 6.23. The molecule has 1 heterocycles. The quantitative estimate of drug-likeness (QED) is 0.799. The number of anilines is 1. The Hall–Kier alpha value is -2.12. The Morgan fingerprint density at radius 3 is 2.78 bits per heavy atom. The zero-order valence-corrected chi connectivity index (χ0v) is 13.3. The molecule has 23 heavy (non-hydrogen) atoms. The van der Waals surface area contributed by atoms with Gasteiger partial charge in [-0.2, -0.15) is 5.10 Å². The van der Waals surface area contributed by atoms with Crippen molar-refractivity contribution in [2.75, 3.05) is 11.9 Å². The maximum absolute atomic E-state index is 12.2. The summed E-state index contributed by atoms with van der Waals surface area (Å²) < 4.78 is 1.55. The molecule has 7 nitrogen and oxygen atoms in total. The normalized spacial score (nSPS) is 16.3. The van der Waals surface area contributed by atoms with Gasteiger partial charge in [-0.15, -0.1) is 0 Å². The van der Waals surface area contributed by atoms with E-state index in [1.54, 1.807) is 29.2 Å². The van der Waals surface area contributed by atoms with E-state index >= 15 is 0 Å². The summed E-state index contributed by atoms with van der Waals surface area (Å²) in [6, 6.07) is 4.80. The molecule has 0 spiro atoms. The van der Waals surface area contributed by atoms with Crippen LogP contribution in [0.4, 0.5) is 10.5 Å². The molecular formula is C15H18ClN5O2. The average molecular weight is 336 g/mol. The third-order valence-electron chi connectivity index (χ3n) is 4.11.